The van der Waals surface area contributed by atoms with Crippen LogP contribution < -0.4 is 20.1 Å². The van der Waals surface area contributed by atoms with Crippen LogP contribution in [0.3, 0.4) is 0 Å². The van der Waals surface area contributed by atoms with Gasteiger partial charge in [0, 0.05) is 31.6 Å². The van der Waals surface area contributed by atoms with E-state index in [1.807, 2.05) is 12.1 Å². The Bertz CT molecular complexity index is 405. The average Bonchev–Trinajstić information content (AvgIpc) is 2.35. The molecular weight excluding hydrogens is 232 g/mol. The molecule has 0 aliphatic carbocycles. The van der Waals surface area contributed by atoms with Gasteiger partial charge in [-0.15, -0.1) is 0 Å². The van der Waals surface area contributed by atoms with Gasteiger partial charge in [0.05, 0.1) is 7.11 Å². The first kappa shape index (κ1) is 12.7. The summed E-state index contributed by atoms with van der Waals surface area (Å²) in [4.78, 5) is 11.5. The van der Waals surface area contributed by atoms with Crippen LogP contribution in [0.15, 0.2) is 24.3 Å². The van der Waals surface area contributed by atoms with Crippen molar-refractivity contribution in [1.82, 2.24) is 10.6 Å². The number of nitrogens with one attached hydrogen (secondary N) is 2. The summed E-state index contributed by atoms with van der Waals surface area (Å²) >= 11 is 0. The van der Waals surface area contributed by atoms with E-state index in [2.05, 4.69) is 10.6 Å². The Labute approximate surface area is 106 Å². The minimum Gasteiger partial charge on any atom is -0.497 e. The lowest BCUT2D eigenvalue weighted by atomic mass is 10.0. The van der Waals surface area contributed by atoms with Gasteiger partial charge in [-0.3, -0.25) is 4.79 Å². The van der Waals surface area contributed by atoms with E-state index in [0.29, 0.717) is 24.0 Å². The average molecular weight is 250 g/mol. The molecule has 1 aromatic carbocycles. The van der Waals surface area contributed by atoms with E-state index in [-0.39, 0.29) is 12.5 Å². The lowest BCUT2D eigenvalue weighted by Gasteiger charge is -2.27. The molecule has 1 saturated heterocycles. The van der Waals surface area contributed by atoms with Crippen LogP contribution in [0.2, 0.25) is 0 Å². The number of ether oxygens (including phenoxy) is 2. The predicted molar refractivity (Wildman–Crippen MR) is 67.9 cm³/mol. The van der Waals surface area contributed by atoms with Gasteiger partial charge < -0.3 is 20.1 Å². The fourth-order valence-electron chi connectivity index (χ4n) is 1.64. The van der Waals surface area contributed by atoms with E-state index in [1.165, 1.54) is 0 Å². The van der Waals surface area contributed by atoms with Crippen molar-refractivity contribution < 1.29 is 14.3 Å². The molecule has 18 heavy (non-hydrogen) atoms. The van der Waals surface area contributed by atoms with Crippen molar-refractivity contribution in [3.8, 4) is 11.5 Å². The molecule has 0 aromatic heterocycles. The van der Waals surface area contributed by atoms with Crippen molar-refractivity contribution in [1.29, 1.82) is 0 Å². The van der Waals surface area contributed by atoms with E-state index < -0.39 is 0 Å². The highest BCUT2D eigenvalue weighted by atomic mass is 16.5. The molecule has 2 rings (SSSR count). The molecule has 0 saturated carbocycles. The highest BCUT2D eigenvalue weighted by molar-refractivity contribution is 5.77. The molecule has 1 aliphatic heterocycles. The first-order valence-corrected chi connectivity index (χ1v) is 6.02. The highest BCUT2D eigenvalue weighted by Gasteiger charge is 2.17. The number of methoxy groups -OCH3 is 1. The number of carbonyl (C=O) groups excluding carboxylic acids is 1. The summed E-state index contributed by atoms with van der Waals surface area (Å²) in [5, 5.41) is 6.01. The van der Waals surface area contributed by atoms with Crippen LogP contribution >= 0.6 is 0 Å². The second-order valence-corrected chi connectivity index (χ2v) is 4.30. The Morgan fingerprint density at radius 2 is 2.22 bits per heavy atom. The van der Waals surface area contributed by atoms with E-state index in [4.69, 9.17) is 9.47 Å². The monoisotopic (exact) mass is 250 g/mol. The van der Waals surface area contributed by atoms with Crippen molar-refractivity contribution in [3.63, 3.8) is 0 Å². The van der Waals surface area contributed by atoms with Crippen LogP contribution in [-0.4, -0.2) is 39.3 Å². The summed E-state index contributed by atoms with van der Waals surface area (Å²) in [5.74, 6) is 1.82. The minimum absolute atomic E-state index is 0.0350. The number of amides is 1. The zero-order chi connectivity index (χ0) is 12.8. The van der Waals surface area contributed by atoms with Gasteiger partial charge in [0.2, 0.25) is 0 Å². The Kier molecular flexibility index (Phi) is 4.41. The summed E-state index contributed by atoms with van der Waals surface area (Å²) < 4.78 is 10.5. The standard InChI is InChI=1S/C13H18N2O3/c1-17-11-3-2-4-12(5-11)18-9-13(16)15-8-10-6-14-7-10/h2-5,10,14H,6-9H2,1H3,(H,15,16). The van der Waals surface area contributed by atoms with Crippen LogP contribution in [0.4, 0.5) is 0 Å². The van der Waals surface area contributed by atoms with E-state index in [0.717, 1.165) is 13.1 Å². The van der Waals surface area contributed by atoms with Crippen LogP contribution in [0.1, 0.15) is 0 Å². The van der Waals surface area contributed by atoms with Crippen molar-refractivity contribution in [2.24, 2.45) is 5.92 Å². The van der Waals surface area contributed by atoms with Gasteiger partial charge in [0.25, 0.3) is 5.91 Å². The topological polar surface area (TPSA) is 59.6 Å². The number of benzene rings is 1. The maximum Gasteiger partial charge on any atom is 0.257 e. The lowest BCUT2D eigenvalue weighted by molar-refractivity contribution is -0.123. The molecule has 1 aliphatic rings. The Morgan fingerprint density at radius 3 is 2.89 bits per heavy atom. The van der Waals surface area contributed by atoms with Crippen molar-refractivity contribution in [2.45, 2.75) is 0 Å². The third kappa shape index (κ3) is 3.63. The first-order valence-electron chi connectivity index (χ1n) is 6.02. The van der Waals surface area contributed by atoms with Gasteiger partial charge >= 0.3 is 0 Å². The second kappa shape index (κ2) is 6.26. The lowest BCUT2D eigenvalue weighted by Crippen LogP contribution is -2.48. The molecule has 1 amide bonds. The molecule has 0 unspecified atom stereocenters. The van der Waals surface area contributed by atoms with Gasteiger partial charge in [-0.1, -0.05) is 6.07 Å². The molecule has 2 N–H and O–H groups in total. The molecule has 0 bridgehead atoms. The van der Waals surface area contributed by atoms with Crippen molar-refractivity contribution >= 4 is 5.91 Å². The van der Waals surface area contributed by atoms with Gasteiger partial charge in [-0.05, 0) is 12.1 Å². The van der Waals surface area contributed by atoms with Crippen LogP contribution in [0.25, 0.3) is 0 Å². The summed E-state index contributed by atoms with van der Waals surface area (Å²) in [6.45, 7) is 2.72. The molecule has 0 spiro atoms. The number of hydrogen-bond acceptors (Lipinski definition) is 4. The molecule has 5 nitrogen and oxygen atoms in total. The Hall–Kier alpha value is -1.75. The SMILES string of the molecule is COc1cccc(OCC(=O)NCC2CNC2)c1. The van der Waals surface area contributed by atoms with Gasteiger partial charge in [-0.2, -0.15) is 0 Å². The predicted octanol–water partition coefficient (Wildman–Crippen LogP) is 0.410. The van der Waals surface area contributed by atoms with Gasteiger partial charge in [0.15, 0.2) is 6.61 Å². The zero-order valence-corrected chi connectivity index (χ0v) is 10.4. The molecule has 5 heteroatoms. The number of hydrogen-bond donors (Lipinski definition) is 2. The second-order valence-electron chi connectivity index (χ2n) is 4.30. The van der Waals surface area contributed by atoms with E-state index in [9.17, 15) is 4.79 Å². The molecular formula is C13H18N2O3. The summed E-state index contributed by atoms with van der Waals surface area (Å²) in [5.41, 5.74) is 0. The maximum atomic E-state index is 11.5. The fraction of sp³-hybridized carbons (Fsp3) is 0.462. The van der Waals surface area contributed by atoms with E-state index >= 15 is 0 Å². The third-order valence-corrected chi connectivity index (χ3v) is 2.87. The van der Waals surface area contributed by atoms with E-state index in [1.54, 1.807) is 19.2 Å². The largest absolute Gasteiger partial charge is 0.497 e. The zero-order valence-electron chi connectivity index (χ0n) is 10.4. The quantitative estimate of drug-likeness (QED) is 0.767. The summed E-state index contributed by atoms with van der Waals surface area (Å²) in [7, 11) is 1.60. The molecule has 0 atom stereocenters. The normalized spacial score (nSPS) is 14.7. The summed E-state index contributed by atoms with van der Waals surface area (Å²) in [6.07, 6.45) is 0. The van der Waals surface area contributed by atoms with Crippen LogP contribution in [0.5, 0.6) is 11.5 Å². The Morgan fingerprint density at radius 1 is 1.44 bits per heavy atom. The van der Waals surface area contributed by atoms with Gasteiger partial charge in [-0.25, -0.2) is 0 Å². The number of rotatable bonds is 6. The van der Waals surface area contributed by atoms with Crippen LogP contribution in [0, 0.1) is 5.92 Å². The van der Waals surface area contributed by atoms with Crippen LogP contribution in [-0.2, 0) is 4.79 Å². The smallest absolute Gasteiger partial charge is 0.257 e. The fourth-order valence-corrected chi connectivity index (χ4v) is 1.64. The maximum absolute atomic E-state index is 11.5. The van der Waals surface area contributed by atoms with Crippen molar-refractivity contribution in [3.05, 3.63) is 24.3 Å². The van der Waals surface area contributed by atoms with Crippen molar-refractivity contribution in [2.75, 3.05) is 33.4 Å². The molecule has 1 heterocycles. The number of carbonyl (C=O) groups is 1. The van der Waals surface area contributed by atoms with Gasteiger partial charge in [0.1, 0.15) is 11.5 Å². The third-order valence-electron chi connectivity index (χ3n) is 2.87. The molecule has 1 fully saturated rings. The highest BCUT2D eigenvalue weighted by Crippen LogP contribution is 2.18. The molecule has 0 radical (unpaired) electrons. The Balaban J connectivity index is 1.70. The molecule has 1 aromatic rings. The molecule has 98 valence electrons. The summed E-state index contributed by atoms with van der Waals surface area (Å²) in [6, 6.07) is 7.21. The first-order chi connectivity index (χ1) is 8.78. The minimum atomic E-state index is -0.0929.